The Bertz CT molecular complexity index is 4260. The Morgan fingerprint density at radius 2 is 0.791 bits per heavy atom. The molecule has 0 saturated carbocycles. The minimum Gasteiger partial charge on any atom is -0.308 e. The molecule has 0 radical (unpaired) electrons. The normalized spacial score (nSPS) is 11.9. The van der Waals surface area contributed by atoms with Crippen LogP contribution in [0.25, 0.3) is 131 Å². The van der Waals surface area contributed by atoms with E-state index in [9.17, 15) is 0 Å². The van der Waals surface area contributed by atoms with E-state index in [-0.39, 0.29) is 0 Å². The Balaban J connectivity index is 1.05. The first-order chi connectivity index (χ1) is 33.2. The smallest absolute Gasteiger partial charge is 0.238 e. The number of benzene rings is 10. The van der Waals surface area contributed by atoms with Gasteiger partial charge in [-0.2, -0.15) is 9.97 Å². The molecule has 0 unspecified atom stereocenters. The van der Waals surface area contributed by atoms with Crippen molar-refractivity contribution < 1.29 is 0 Å². The molecule has 0 atom stereocenters. The highest BCUT2D eigenvalue weighted by molar-refractivity contribution is 7.27. The number of para-hydroxylation sites is 2. The molecule has 4 aromatic heterocycles. The minimum atomic E-state index is 0.573. The maximum atomic E-state index is 5.43. The summed E-state index contributed by atoms with van der Waals surface area (Å²) < 4.78 is 7.19. The molecule has 0 aliphatic heterocycles. The van der Waals surface area contributed by atoms with E-state index in [2.05, 4.69) is 221 Å². The first kappa shape index (κ1) is 37.6. The number of rotatable bonds is 6. The second-order valence-corrected chi connectivity index (χ2v) is 18.2. The van der Waals surface area contributed by atoms with Gasteiger partial charge < -0.3 is 4.57 Å². The summed E-state index contributed by atoms with van der Waals surface area (Å²) in [5.41, 5.74) is 12.1. The van der Waals surface area contributed by atoms with E-state index in [4.69, 9.17) is 15.0 Å². The van der Waals surface area contributed by atoms with E-state index < -0.39 is 0 Å². The summed E-state index contributed by atoms with van der Waals surface area (Å²) in [6.45, 7) is 0. The van der Waals surface area contributed by atoms with Crippen molar-refractivity contribution in [3.05, 3.63) is 224 Å². The van der Waals surface area contributed by atoms with E-state index in [0.29, 0.717) is 17.6 Å². The van der Waals surface area contributed by atoms with Crippen LogP contribution < -0.4 is 0 Å². The third kappa shape index (κ3) is 5.97. The van der Waals surface area contributed by atoms with Crippen LogP contribution in [0.1, 0.15) is 0 Å². The van der Waals surface area contributed by atoms with Crippen molar-refractivity contribution in [1.29, 1.82) is 0 Å². The molecule has 14 rings (SSSR count). The van der Waals surface area contributed by atoms with Gasteiger partial charge in [0, 0.05) is 49.1 Å². The molecule has 14 aromatic rings. The predicted molar refractivity (Wildman–Crippen MR) is 281 cm³/mol. The monoisotopic (exact) mass is 871 g/mol. The molecule has 5 nitrogen and oxygen atoms in total. The summed E-state index contributed by atoms with van der Waals surface area (Å²) in [7, 11) is 0. The molecule has 312 valence electrons. The van der Waals surface area contributed by atoms with Gasteiger partial charge in [0.2, 0.25) is 5.95 Å². The fourth-order valence-electron chi connectivity index (χ4n) is 10.2. The molecule has 0 bridgehead atoms. The summed E-state index contributed by atoms with van der Waals surface area (Å²) >= 11 is 1.86. The third-order valence-electron chi connectivity index (χ3n) is 13.4. The highest BCUT2D eigenvalue weighted by Gasteiger charge is 2.24. The molecule has 0 aliphatic rings. The molecule has 4 heterocycles. The van der Waals surface area contributed by atoms with Crippen LogP contribution >= 0.6 is 11.3 Å². The second-order valence-electron chi connectivity index (χ2n) is 17.2. The Morgan fingerprint density at radius 1 is 0.299 bits per heavy atom. The lowest BCUT2D eigenvalue weighted by Gasteiger charge is -2.12. The molecule has 0 N–H and O–H groups in total. The zero-order chi connectivity index (χ0) is 44.0. The molecular weight excluding hydrogens is 835 g/mol. The lowest BCUT2D eigenvalue weighted by molar-refractivity contribution is 0.955. The number of hydrogen-bond donors (Lipinski definition) is 0. The third-order valence-corrected chi connectivity index (χ3v) is 14.6. The van der Waals surface area contributed by atoms with E-state index >= 15 is 0 Å². The van der Waals surface area contributed by atoms with Crippen LogP contribution in [0.4, 0.5) is 0 Å². The van der Waals surface area contributed by atoms with Crippen LogP contribution in [0, 0.1) is 0 Å². The molecule has 0 saturated heterocycles. The zero-order valence-corrected chi connectivity index (χ0v) is 36.8. The highest BCUT2D eigenvalue weighted by atomic mass is 32.1. The highest BCUT2D eigenvalue weighted by Crippen LogP contribution is 2.47. The first-order valence-electron chi connectivity index (χ1n) is 22.6. The van der Waals surface area contributed by atoms with Crippen molar-refractivity contribution in [3.63, 3.8) is 0 Å². The Labute approximate surface area is 389 Å². The first-order valence-corrected chi connectivity index (χ1v) is 23.4. The number of nitrogens with zero attached hydrogens (tertiary/aromatic N) is 5. The van der Waals surface area contributed by atoms with Gasteiger partial charge in [0.15, 0.2) is 11.6 Å². The van der Waals surface area contributed by atoms with Gasteiger partial charge in [0.05, 0.1) is 31.5 Å². The quantitative estimate of drug-likeness (QED) is 0.167. The Hall–Kier alpha value is -8.71. The van der Waals surface area contributed by atoms with Gasteiger partial charge in [-0.3, -0.25) is 4.57 Å². The fraction of sp³-hybridized carbons (Fsp3) is 0. The van der Waals surface area contributed by atoms with Crippen LogP contribution in [0.3, 0.4) is 0 Å². The summed E-state index contributed by atoms with van der Waals surface area (Å²) in [6, 6.07) is 80.2. The summed E-state index contributed by atoms with van der Waals surface area (Å²) in [5.74, 6) is 1.80. The van der Waals surface area contributed by atoms with Gasteiger partial charge in [-0.05, 0) is 63.4 Å². The molecule has 0 amide bonds. The average molecular weight is 872 g/mol. The van der Waals surface area contributed by atoms with Crippen molar-refractivity contribution >= 4 is 85.9 Å². The Morgan fingerprint density at radius 3 is 1.48 bits per heavy atom. The van der Waals surface area contributed by atoms with Crippen LogP contribution in [0.15, 0.2) is 224 Å². The fourth-order valence-corrected chi connectivity index (χ4v) is 11.6. The lowest BCUT2D eigenvalue weighted by atomic mass is 10.0. The van der Waals surface area contributed by atoms with Crippen LogP contribution in [0.2, 0.25) is 0 Å². The van der Waals surface area contributed by atoms with Crippen LogP contribution in [0.5, 0.6) is 0 Å². The van der Waals surface area contributed by atoms with Gasteiger partial charge >= 0.3 is 0 Å². The molecule has 6 heteroatoms. The van der Waals surface area contributed by atoms with Crippen LogP contribution in [-0.2, 0) is 0 Å². The molecular formula is C61H37N5S. The number of aromatic nitrogens is 5. The zero-order valence-electron chi connectivity index (χ0n) is 36.0. The Kier molecular flexibility index (Phi) is 8.38. The summed E-state index contributed by atoms with van der Waals surface area (Å²) in [4.78, 5) is 16.1. The van der Waals surface area contributed by atoms with Gasteiger partial charge in [-0.15, -0.1) is 11.3 Å². The standard InChI is InChI=1S/C61H37N5S/c1-3-14-38(15-4-1)41-26-28-42(29-27-41)59-62-60(45-21-13-20-43(36-45)39-16-5-2-6-17-39)64-61(63-59)66-54-25-12-10-23-48(54)50-33-35-52-51-34-32-49-47-22-9-11-24-53(47)65(55(49)57(51)67-58(52)56(50)66)46-31-30-40-18-7-8-19-44(40)37-46/h1-37H. The van der Waals surface area contributed by atoms with Gasteiger partial charge in [-0.25, -0.2) is 4.98 Å². The van der Waals surface area contributed by atoms with Gasteiger partial charge in [-0.1, -0.05) is 194 Å². The SMILES string of the molecule is c1ccc(-c2ccc(-c3nc(-c4cccc(-c5ccccc5)c4)nc(-n4c5ccccc5c5ccc6c7ccc8c9ccccc9n(-c9ccc%10ccccc%10c9)c8c7sc6c54)n3)cc2)cc1. The summed E-state index contributed by atoms with van der Waals surface area (Å²) in [5, 5.41) is 9.66. The largest absolute Gasteiger partial charge is 0.308 e. The molecule has 10 aromatic carbocycles. The summed E-state index contributed by atoms with van der Waals surface area (Å²) in [6.07, 6.45) is 0. The van der Waals surface area contributed by atoms with Crippen molar-refractivity contribution in [3.8, 4) is 56.7 Å². The maximum Gasteiger partial charge on any atom is 0.238 e. The average Bonchev–Trinajstić information content (AvgIpc) is 4.07. The minimum absolute atomic E-state index is 0.573. The van der Waals surface area contributed by atoms with Crippen molar-refractivity contribution in [2.45, 2.75) is 0 Å². The molecule has 67 heavy (non-hydrogen) atoms. The topological polar surface area (TPSA) is 48.5 Å². The van der Waals surface area contributed by atoms with E-state index in [0.717, 1.165) is 60.9 Å². The second kappa shape index (κ2) is 14.9. The number of hydrogen-bond acceptors (Lipinski definition) is 4. The van der Waals surface area contributed by atoms with E-state index in [1.165, 1.54) is 52.8 Å². The lowest BCUT2D eigenvalue weighted by Crippen LogP contribution is -2.06. The van der Waals surface area contributed by atoms with Crippen molar-refractivity contribution in [2.24, 2.45) is 0 Å². The van der Waals surface area contributed by atoms with Crippen molar-refractivity contribution in [2.75, 3.05) is 0 Å². The number of fused-ring (bicyclic) bond motifs is 12. The van der Waals surface area contributed by atoms with Crippen molar-refractivity contribution in [1.82, 2.24) is 24.1 Å². The van der Waals surface area contributed by atoms with Gasteiger partial charge in [0.1, 0.15) is 0 Å². The van der Waals surface area contributed by atoms with Gasteiger partial charge in [0.25, 0.3) is 0 Å². The molecule has 0 aliphatic carbocycles. The maximum absolute atomic E-state index is 5.43. The predicted octanol–water partition coefficient (Wildman–Crippen LogP) is 16.3. The van der Waals surface area contributed by atoms with Crippen LogP contribution in [-0.4, -0.2) is 24.1 Å². The number of thiophene rings is 1. The van der Waals surface area contributed by atoms with E-state index in [1.54, 1.807) is 0 Å². The molecule has 0 spiro atoms. The van der Waals surface area contributed by atoms with E-state index in [1.807, 2.05) is 23.5 Å². The molecule has 0 fully saturated rings.